The molecule has 0 bridgehead atoms. The van der Waals surface area contributed by atoms with Gasteiger partial charge in [-0.3, -0.25) is 4.90 Å². The van der Waals surface area contributed by atoms with Gasteiger partial charge in [-0.05, 0) is 12.6 Å². The molecule has 2 heterocycles. The van der Waals surface area contributed by atoms with E-state index in [0.29, 0.717) is 0 Å². The highest BCUT2D eigenvalue weighted by Crippen LogP contribution is 2.34. The van der Waals surface area contributed by atoms with Crippen LogP contribution >= 0.6 is 22.9 Å². The summed E-state index contributed by atoms with van der Waals surface area (Å²) in [5.74, 6) is 0. The minimum absolute atomic E-state index is 0.284. The zero-order chi connectivity index (χ0) is 14.7. The zero-order valence-electron chi connectivity index (χ0n) is 12.3. The van der Waals surface area contributed by atoms with Gasteiger partial charge in [-0.25, -0.2) is 0 Å². The monoisotopic (exact) mass is 324 g/mol. The molecule has 1 aromatic heterocycles. The summed E-state index contributed by atoms with van der Waals surface area (Å²) in [7, 11) is 0. The van der Waals surface area contributed by atoms with Crippen LogP contribution in [-0.4, -0.2) is 43.8 Å². The van der Waals surface area contributed by atoms with Gasteiger partial charge >= 0.3 is 0 Å². The van der Waals surface area contributed by atoms with Crippen LogP contribution in [0.15, 0.2) is 24.3 Å². The molecule has 0 radical (unpaired) electrons. The first-order valence-corrected chi connectivity index (χ1v) is 8.68. The first-order valence-electron chi connectivity index (χ1n) is 7.48. The lowest BCUT2D eigenvalue weighted by Crippen LogP contribution is -2.46. The first kappa shape index (κ1) is 15.3. The highest BCUT2D eigenvalue weighted by atomic mass is 35.5. The van der Waals surface area contributed by atoms with Crippen molar-refractivity contribution in [3.63, 3.8) is 0 Å². The lowest BCUT2D eigenvalue weighted by molar-refractivity contribution is -0.0253. The second kappa shape index (κ2) is 7.07. The molecule has 1 atom stereocenters. The van der Waals surface area contributed by atoms with Crippen LogP contribution in [0.25, 0.3) is 10.1 Å². The second-order valence-electron chi connectivity index (χ2n) is 5.35. The molecule has 0 amide bonds. The summed E-state index contributed by atoms with van der Waals surface area (Å²) in [6.07, 6.45) is 0.284. The summed E-state index contributed by atoms with van der Waals surface area (Å²) in [6, 6.07) is 8.30. The summed E-state index contributed by atoms with van der Waals surface area (Å²) in [4.78, 5) is 3.64. The number of nitrogens with one attached hydrogen (secondary N) is 1. The lowest BCUT2D eigenvalue weighted by Gasteiger charge is -2.32. The third-order valence-corrected chi connectivity index (χ3v) is 5.64. The van der Waals surface area contributed by atoms with Gasteiger partial charge in [-0.2, -0.15) is 0 Å². The summed E-state index contributed by atoms with van der Waals surface area (Å²) >= 11 is 8.23. The van der Waals surface area contributed by atoms with Crippen LogP contribution in [0.5, 0.6) is 0 Å². The lowest BCUT2D eigenvalue weighted by atomic mass is 10.2. The van der Waals surface area contributed by atoms with E-state index in [1.807, 2.05) is 6.07 Å². The molecule has 2 aromatic rings. The molecule has 1 N–H and O–H groups in total. The third kappa shape index (κ3) is 3.58. The van der Waals surface area contributed by atoms with E-state index in [4.69, 9.17) is 16.3 Å². The maximum absolute atomic E-state index is 6.46. The van der Waals surface area contributed by atoms with E-state index in [1.54, 1.807) is 11.3 Å². The Bertz CT molecular complexity index is 601. The predicted molar refractivity (Wildman–Crippen MR) is 90.4 cm³/mol. The van der Waals surface area contributed by atoms with Gasteiger partial charge in [0.15, 0.2) is 0 Å². The summed E-state index contributed by atoms with van der Waals surface area (Å²) < 4.78 is 7.06. The first-order chi connectivity index (χ1) is 10.3. The number of rotatable bonds is 5. The van der Waals surface area contributed by atoms with Gasteiger partial charge in [0.2, 0.25) is 0 Å². The Kier molecular flexibility index (Phi) is 5.14. The van der Waals surface area contributed by atoms with Crippen molar-refractivity contribution in [1.29, 1.82) is 0 Å². The normalized spacial score (nSPS) is 20.2. The average molecular weight is 325 g/mol. The minimum atomic E-state index is 0.284. The summed E-state index contributed by atoms with van der Waals surface area (Å²) in [5, 5.41) is 5.54. The fraction of sp³-hybridized carbons (Fsp3) is 0.500. The van der Waals surface area contributed by atoms with Crippen molar-refractivity contribution in [3.05, 3.63) is 34.2 Å². The van der Waals surface area contributed by atoms with Crippen molar-refractivity contribution in [1.82, 2.24) is 10.2 Å². The van der Waals surface area contributed by atoms with Crippen molar-refractivity contribution < 1.29 is 4.74 Å². The van der Waals surface area contributed by atoms with Gasteiger partial charge in [-0.1, -0.05) is 36.7 Å². The van der Waals surface area contributed by atoms with Gasteiger partial charge in [0.1, 0.15) is 0 Å². The molecular weight excluding hydrogens is 304 g/mol. The smallest absolute Gasteiger partial charge is 0.0826 e. The maximum atomic E-state index is 6.46. The molecular formula is C16H21ClN2OS. The quantitative estimate of drug-likeness (QED) is 0.912. The molecule has 1 aliphatic rings. The fourth-order valence-electron chi connectivity index (χ4n) is 2.72. The molecule has 21 heavy (non-hydrogen) atoms. The molecule has 5 heteroatoms. The van der Waals surface area contributed by atoms with Crippen LogP contribution < -0.4 is 5.32 Å². The van der Waals surface area contributed by atoms with Crippen molar-refractivity contribution in [2.24, 2.45) is 0 Å². The van der Waals surface area contributed by atoms with Gasteiger partial charge < -0.3 is 10.1 Å². The zero-order valence-corrected chi connectivity index (χ0v) is 13.8. The Morgan fingerprint density at radius 2 is 2.29 bits per heavy atom. The summed E-state index contributed by atoms with van der Waals surface area (Å²) in [5.41, 5.74) is 0. The van der Waals surface area contributed by atoms with Crippen LogP contribution in [0.2, 0.25) is 5.02 Å². The minimum Gasteiger partial charge on any atom is -0.374 e. The number of likely N-dealkylation sites (N-methyl/N-ethyl adjacent to an activating group) is 1. The largest absolute Gasteiger partial charge is 0.374 e. The van der Waals surface area contributed by atoms with E-state index >= 15 is 0 Å². The molecule has 0 saturated carbocycles. The maximum Gasteiger partial charge on any atom is 0.0826 e. The van der Waals surface area contributed by atoms with Gasteiger partial charge in [0.25, 0.3) is 0 Å². The van der Waals surface area contributed by atoms with Gasteiger partial charge in [0, 0.05) is 41.1 Å². The topological polar surface area (TPSA) is 24.5 Å². The van der Waals surface area contributed by atoms with Crippen LogP contribution in [0.3, 0.4) is 0 Å². The molecule has 1 aliphatic heterocycles. The highest BCUT2D eigenvalue weighted by molar-refractivity contribution is 7.19. The molecule has 1 unspecified atom stereocenters. The van der Waals surface area contributed by atoms with Crippen LogP contribution in [-0.2, 0) is 11.3 Å². The molecule has 1 saturated heterocycles. The number of hydrogen-bond acceptors (Lipinski definition) is 4. The number of nitrogens with zero attached hydrogens (tertiary/aromatic N) is 1. The van der Waals surface area contributed by atoms with E-state index < -0.39 is 0 Å². The number of halogens is 1. The molecule has 3 nitrogen and oxygen atoms in total. The Hall–Kier alpha value is -0.650. The number of ether oxygens (including phenoxy) is 1. The SMILES string of the molecule is CCN1CCOC(CNCc2sc3ccccc3c2Cl)C1. The van der Waals surface area contributed by atoms with E-state index in [1.165, 1.54) is 9.58 Å². The van der Waals surface area contributed by atoms with Gasteiger partial charge in [0.05, 0.1) is 17.7 Å². The van der Waals surface area contributed by atoms with E-state index in [9.17, 15) is 0 Å². The van der Waals surface area contributed by atoms with E-state index in [-0.39, 0.29) is 6.10 Å². The van der Waals surface area contributed by atoms with E-state index in [0.717, 1.165) is 49.7 Å². The van der Waals surface area contributed by atoms with Crippen molar-refractivity contribution in [2.45, 2.75) is 19.6 Å². The van der Waals surface area contributed by atoms with Gasteiger partial charge in [-0.15, -0.1) is 11.3 Å². The number of morpholine rings is 1. The third-order valence-electron chi connectivity index (χ3n) is 3.93. The fourth-order valence-corrected chi connectivity index (χ4v) is 4.19. The number of benzene rings is 1. The standard InChI is InChI=1S/C16H21ClN2OS/c1-2-19-7-8-20-12(11-19)9-18-10-15-16(17)13-5-3-4-6-14(13)21-15/h3-6,12,18H,2,7-11H2,1H3. The highest BCUT2D eigenvalue weighted by Gasteiger charge is 2.19. The van der Waals surface area contributed by atoms with Crippen LogP contribution in [0.1, 0.15) is 11.8 Å². The average Bonchev–Trinajstić information content (AvgIpc) is 2.84. The van der Waals surface area contributed by atoms with Crippen molar-refractivity contribution in [2.75, 3.05) is 32.8 Å². The summed E-state index contributed by atoms with van der Waals surface area (Å²) in [6.45, 7) is 7.89. The molecule has 114 valence electrons. The van der Waals surface area contributed by atoms with E-state index in [2.05, 4.69) is 35.3 Å². The number of hydrogen-bond donors (Lipinski definition) is 1. The Labute approximate surface area is 134 Å². The Balaban J connectivity index is 1.56. The Morgan fingerprint density at radius 3 is 3.10 bits per heavy atom. The molecule has 1 aromatic carbocycles. The van der Waals surface area contributed by atoms with Crippen LogP contribution in [0.4, 0.5) is 0 Å². The number of fused-ring (bicyclic) bond motifs is 1. The van der Waals surface area contributed by atoms with Crippen LogP contribution in [0, 0.1) is 0 Å². The predicted octanol–water partition coefficient (Wildman–Crippen LogP) is 3.37. The molecule has 0 aliphatic carbocycles. The molecule has 0 spiro atoms. The van der Waals surface area contributed by atoms with Crippen molar-refractivity contribution >= 4 is 33.0 Å². The molecule has 3 rings (SSSR count). The van der Waals surface area contributed by atoms with Crippen molar-refractivity contribution in [3.8, 4) is 0 Å². The number of thiophene rings is 1. The molecule has 1 fully saturated rings. The Morgan fingerprint density at radius 1 is 1.43 bits per heavy atom. The second-order valence-corrected chi connectivity index (χ2v) is 6.87.